The molecule has 9 heteroatoms. The highest BCUT2D eigenvalue weighted by Crippen LogP contribution is 2.35. The molecule has 0 aliphatic carbocycles. The number of benzene rings is 1. The van der Waals surface area contributed by atoms with Gasteiger partial charge in [0.1, 0.15) is 5.75 Å². The van der Waals surface area contributed by atoms with E-state index in [9.17, 15) is 13.2 Å². The Morgan fingerprint density at radius 1 is 1.12 bits per heavy atom. The Bertz CT molecular complexity index is 719. The van der Waals surface area contributed by atoms with E-state index in [1.165, 1.54) is 19.1 Å². The van der Waals surface area contributed by atoms with Crippen molar-refractivity contribution in [1.82, 2.24) is 0 Å². The molecule has 7 nitrogen and oxygen atoms in total. The fourth-order valence-electron chi connectivity index (χ4n) is 2.76. The first-order valence-electron chi connectivity index (χ1n) is 8.26. The number of carbonyl (C=O) groups excluding carboxylic acids is 1. The van der Waals surface area contributed by atoms with Gasteiger partial charge in [-0.25, -0.2) is 4.18 Å². The van der Waals surface area contributed by atoms with Crippen molar-refractivity contribution in [2.24, 2.45) is 17.8 Å². The van der Waals surface area contributed by atoms with E-state index in [1.54, 1.807) is 12.1 Å². The van der Waals surface area contributed by atoms with Crippen molar-refractivity contribution < 1.29 is 31.1 Å². The van der Waals surface area contributed by atoms with Crippen LogP contribution in [-0.4, -0.2) is 33.4 Å². The van der Waals surface area contributed by atoms with E-state index in [-0.39, 0.29) is 30.1 Å². The summed E-state index contributed by atoms with van der Waals surface area (Å²) in [4.78, 5) is 11.2. The van der Waals surface area contributed by atoms with Crippen molar-refractivity contribution in [3.63, 3.8) is 0 Å². The average molecular weight is 451 g/mol. The van der Waals surface area contributed by atoms with Crippen LogP contribution in [0.1, 0.15) is 27.7 Å². The third kappa shape index (κ3) is 5.67. The molecule has 2 unspecified atom stereocenters. The zero-order valence-corrected chi connectivity index (χ0v) is 17.4. The topological polar surface area (TPSA) is 88.1 Å². The zero-order valence-electron chi connectivity index (χ0n) is 15.0. The van der Waals surface area contributed by atoms with Crippen molar-refractivity contribution in [2.45, 2.75) is 40.1 Å². The highest BCUT2D eigenvalue weighted by Gasteiger charge is 2.41. The largest absolute Gasteiger partial charge is 0.449 e. The van der Waals surface area contributed by atoms with Gasteiger partial charge in [-0.15, -0.1) is 0 Å². The smallest absolute Gasteiger partial charge is 0.436 e. The monoisotopic (exact) mass is 450 g/mol. The van der Waals surface area contributed by atoms with E-state index in [0.717, 1.165) is 4.47 Å². The molecule has 2 rings (SSSR count). The molecular weight excluding hydrogens is 428 g/mol. The van der Waals surface area contributed by atoms with Crippen LogP contribution < -0.4 is 4.18 Å². The summed E-state index contributed by atoms with van der Waals surface area (Å²) in [7, 11) is -4.24. The first kappa shape index (κ1) is 21.1. The Morgan fingerprint density at radius 2 is 1.73 bits per heavy atom. The maximum Gasteiger partial charge on any atom is 0.449 e. The molecule has 0 N–H and O–H groups in total. The number of carbonyl (C=O) groups is 1. The Morgan fingerprint density at radius 3 is 2.31 bits per heavy atom. The summed E-state index contributed by atoms with van der Waals surface area (Å²) in [6.07, 6.45) is -1.28. The molecule has 0 amide bonds. The summed E-state index contributed by atoms with van der Waals surface area (Å²) < 4.78 is 45.7. The lowest BCUT2D eigenvalue weighted by atomic mass is 9.79. The van der Waals surface area contributed by atoms with Gasteiger partial charge in [-0.3, -0.25) is 4.79 Å². The van der Waals surface area contributed by atoms with Crippen LogP contribution in [0.3, 0.4) is 0 Å². The lowest BCUT2D eigenvalue weighted by Gasteiger charge is -2.42. The predicted octanol–water partition coefficient (Wildman–Crippen LogP) is 3.29. The van der Waals surface area contributed by atoms with Gasteiger partial charge in [-0.1, -0.05) is 36.7 Å². The maximum absolute atomic E-state index is 12.0. The van der Waals surface area contributed by atoms with Crippen LogP contribution in [0.5, 0.6) is 5.75 Å². The van der Waals surface area contributed by atoms with Crippen molar-refractivity contribution in [3.8, 4) is 5.75 Å². The molecule has 1 aliphatic heterocycles. The standard InChI is InChI=1S/C17H23BrO7S/c1-10-11(2)16(24-17(12(10)3)23-13(4)19)9-22-26(20,21)25-15-7-5-14(18)6-8-15/h5-8,10-12,16-17H,9H2,1-4H3/t10-,11-,12?,16?,17+/m0/s1. The predicted molar refractivity (Wildman–Crippen MR) is 97.6 cm³/mol. The molecule has 1 saturated heterocycles. The third-order valence-electron chi connectivity index (χ3n) is 4.65. The van der Waals surface area contributed by atoms with E-state index in [2.05, 4.69) is 15.9 Å². The Labute approximate surface area is 162 Å². The van der Waals surface area contributed by atoms with Crippen molar-refractivity contribution >= 4 is 32.3 Å². The number of hydrogen-bond donors (Lipinski definition) is 0. The van der Waals surface area contributed by atoms with Crippen LogP contribution in [0, 0.1) is 17.8 Å². The van der Waals surface area contributed by atoms with Crippen LogP contribution in [0.15, 0.2) is 28.7 Å². The molecule has 26 heavy (non-hydrogen) atoms. The molecule has 0 saturated carbocycles. The molecule has 1 aliphatic rings. The summed E-state index contributed by atoms with van der Waals surface area (Å²) in [6, 6.07) is 6.32. The van der Waals surface area contributed by atoms with E-state index < -0.39 is 28.8 Å². The summed E-state index contributed by atoms with van der Waals surface area (Å²) in [5, 5.41) is 0. The van der Waals surface area contributed by atoms with Crippen LogP contribution in [0.25, 0.3) is 0 Å². The molecule has 5 atom stereocenters. The third-order valence-corrected chi connectivity index (χ3v) is 6.00. The lowest BCUT2D eigenvalue weighted by Crippen LogP contribution is -2.48. The highest BCUT2D eigenvalue weighted by molar-refractivity contribution is 9.10. The van der Waals surface area contributed by atoms with Crippen LogP contribution in [-0.2, 0) is 28.9 Å². The maximum atomic E-state index is 12.0. The molecule has 0 bridgehead atoms. The summed E-state index contributed by atoms with van der Waals surface area (Å²) >= 11 is 3.26. The molecule has 0 spiro atoms. The first-order chi connectivity index (χ1) is 12.1. The van der Waals surface area contributed by atoms with Crippen LogP contribution >= 0.6 is 15.9 Å². The van der Waals surface area contributed by atoms with E-state index in [4.69, 9.17) is 17.8 Å². The minimum absolute atomic E-state index is 0.0132. The summed E-state index contributed by atoms with van der Waals surface area (Å²) in [6.45, 7) is 6.96. The highest BCUT2D eigenvalue weighted by atomic mass is 79.9. The number of halogens is 1. The van der Waals surface area contributed by atoms with Crippen molar-refractivity contribution in [3.05, 3.63) is 28.7 Å². The molecule has 1 aromatic rings. The molecule has 1 heterocycles. The Balaban J connectivity index is 1.99. The normalized spacial score (nSPS) is 29.2. The molecule has 1 fully saturated rings. The second-order valence-electron chi connectivity index (χ2n) is 6.46. The molecule has 0 radical (unpaired) electrons. The van der Waals surface area contributed by atoms with Crippen LogP contribution in [0.2, 0.25) is 0 Å². The minimum Gasteiger partial charge on any atom is -0.436 e. The molecular formula is C17H23BrO7S. The average Bonchev–Trinajstić information content (AvgIpc) is 2.56. The van der Waals surface area contributed by atoms with Crippen molar-refractivity contribution in [1.29, 1.82) is 0 Å². The SMILES string of the molecule is CC(=O)O[C@@H]1OC(COS(=O)(=O)Oc2ccc(Br)cc2)[C@@H](C)[C@H](C)C1C. The van der Waals surface area contributed by atoms with Gasteiger partial charge in [0.2, 0.25) is 6.29 Å². The van der Waals surface area contributed by atoms with Gasteiger partial charge in [-0.05, 0) is 36.1 Å². The molecule has 1 aromatic carbocycles. The lowest BCUT2D eigenvalue weighted by molar-refractivity contribution is -0.245. The minimum atomic E-state index is -4.24. The van der Waals surface area contributed by atoms with Gasteiger partial charge in [0, 0.05) is 17.3 Å². The van der Waals surface area contributed by atoms with E-state index >= 15 is 0 Å². The van der Waals surface area contributed by atoms with Gasteiger partial charge in [0.25, 0.3) is 0 Å². The van der Waals surface area contributed by atoms with Gasteiger partial charge >= 0.3 is 16.4 Å². The molecule has 0 aromatic heterocycles. The number of esters is 1. The quantitative estimate of drug-likeness (QED) is 0.614. The summed E-state index contributed by atoms with van der Waals surface area (Å²) in [5.74, 6) is -0.155. The van der Waals surface area contributed by atoms with Gasteiger partial charge < -0.3 is 13.7 Å². The first-order valence-corrected chi connectivity index (χ1v) is 10.4. The van der Waals surface area contributed by atoms with Gasteiger partial charge in [0.05, 0.1) is 12.7 Å². The Hall–Kier alpha value is -1.16. The number of hydrogen-bond acceptors (Lipinski definition) is 7. The van der Waals surface area contributed by atoms with Gasteiger partial charge in [0.15, 0.2) is 0 Å². The molecule has 146 valence electrons. The zero-order chi connectivity index (χ0) is 19.5. The van der Waals surface area contributed by atoms with E-state index in [1.807, 2.05) is 20.8 Å². The van der Waals surface area contributed by atoms with Crippen molar-refractivity contribution in [2.75, 3.05) is 6.61 Å². The van der Waals surface area contributed by atoms with Gasteiger partial charge in [-0.2, -0.15) is 8.42 Å². The second kappa shape index (κ2) is 8.69. The van der Waals surface area contributed by atoms with Crippen LogP contribution in [0.4, 0.5) is 0 Å². The summed E-state index contributed by atoms with van der Waals surface area (Å²) in [5.41, 5.74) is 0. The van der Waals surface area contributed by atoms with E-state index in [0.29, 0.717) is 0 Å². The fraction of sp³-hybridized carbons (Fsp3) is 0.588. The number of rotatable bonds is 6. The second-order valence-corrected chi connectivity index (χ2v) is 8.59. The fourth-order valence-corrected chi connectivity index (χ4v) is 3.72. The Kier molecular flexibility index (Phi) is 7.06. The number of ether oxygens (including phenoxy) is 2.